The van der Waals surface area contributed by atoms with Crippen LogP contribution in [-0.4, -0.2) is 35.6 Å². The number of rotatable bonds is 6. The topological polar surface area (TPSA) is 71.3 Å². The fourth-order valence-electron chi connectivity index (χ4n) is 2.88. The third kappa shape index (κ3) is 4.14. The van der Waals surface area contributed by atoms with Gasteiger partial charge in [0.05, 0.1) is 4.92 Å². The standard InChI is InChI=1S/C15H24N4O2/c1-3-8-18(11-13-6-4-5-7-16-13)15-12(2)9-14(10-17-15)19(20)21/h9-10,13,16H,3-8,11H2,1-2H3. The molecule has 1 N–H and O–H groups in total. The second-order valence-electron chi connectivity index (χ2n) is 5.68. The van der Waals surface area contributed by atoms with Crippen molar-refractivity contribution in [2.45, 2.75) is 45.6 Å². The molecule has 1 fully saturated rings. The Morgan fingerprint density at radius 1 is 1.52 bits per heavy atom. The Morgan fingerprint density at radius 2 is 2.33 bits per heavy atom. The van der Waals surface area contributed by atoms with Crippen LogP contribution >= 0.6 is 0 Å². The second-order valence-corrected chi connectivity index (χ2v) is 5.68. The molecule has 116 valence electrons. The molecule has 0 radical (unpaired) electrons. The van der Waals surface area contributed by atoms with Crippen LogP contribution in [0.15, 0.2) is 12.3 Å². The van der Waals surface area contributed by atoms with E-state index in [2.05, 4.69) is 22.1 Å². The predicted molar refractivity (Wildman–Crippen MR) is 83.8 cm³/mol. The number of piperidine rings is 1. The molecular weight excluding hydrogens is 268 g/mol. The zero-order valence-electron chi connectivity index (χ0n) is 12.8. The van der Waals surface area contributed by atoms with E-state index in [0.29, 0.717) is 6.04 Å². The zero-order valence-corrected chi connectivity index (χ0v) is 12.8. The first-order valence-electron chi connectivity index (χ1n) is 7.71. The van der Waals surface area contributed by atoms with E-state index in [4.69, 9.17) is 0 Å². The van der Waals surface area contributed by atoms with E-state index in [-0.39, 0.29) is 5.69 Å². The molecule has 6 nitrogen and oxygen atoms in total. The smallest absolute Gasteiger partial charge is 0.287 e. The SMILES string of the molecule is CCCN(CC1CCCCN1)c1ncc([N+](=O)[O-])cc1C. The van der Waals surface area contributed by atoms with Crippen molar-refractivity contribution in [2.75, 3.05) is 24.5 Å². The average Bonchev–Trinajstić information content (AvgIpc) is 2.48. The largest absolute Gasteiger partial charge is 0.355 e. The lowest BCUT2D eigenvalue weighted by Crippen LogP contribution is -2.44. The number of aromatic nitrogens is 1. The molecule has 1 aliphatic heterocycles. The number of aryl methyl sites for hydroxylation is 1. The van der Waals surface area contributed by atoms with Gasteiger partial charge >= 0.3 is 0 Å². The van der Waals surface area contributed by atoms with Crippen molar-refractivity contribution in [2.24, 2.45) is 0 Å². The first-order valence-corrected chi connectivity index (χ1v) is 7.71. The fourth-order valence-corrected chi connectivity index (χ4v) is 2.88. The lowest BCUT2D eigenvalue weighted by molar-refractivity contribution is -0.385. The molecule has 0 amide bonds. The van der Waals surface area contributed by atoms with Gasteiger partial charge in [0, 0.05) is 25.2 Å². The zero-order chi connectivity index (χ0) is 15.2. The van der Waals surface area contributed by atoms with Gasteiger partial charge in [-0.25, -0.2) is 4.98 Å². The Balaban J connectivity index is 2.14. The van der Waals surface area contributed by atoms with Gasteiger partial charge in [-0.2, -0.15) is 0 Å². The van der Waals surface area contributed by atoms with Gasteiger partial charge in [-0.15, -0.1) is 0 Å². The third-order valence-corrected chi connectivity index (χ3v) is 3.89. The summed E-state index contributed by atoms with van der Waals surface area (Å²) < 4.78 is 0. The molecule has 1 aromatic rings. The molecule has 6 heteroatoms. The number of anilines is 1. The van der Waals surface area contributed by atoms with Crippen molar-refractivity contribution < 1.29 is 4.92 Å². The molecule has 21 heavy (non-hydrogen) atoms. The van der Waals surface area contributed by atoms with Crippen LogP contribution in [0.2, 0.25) is 0 Å². The quantitative estimate of drug-likeness (QED) is 0.644. The summed E-state index contributed by atoms with van der Waals surface area (Å²) in [5.41, 5.74) is 0.928. The first kappa shape index (κ1) is 15.7. The Bertz CT molecular complexity index is 487. The third-order valence-electron chi connectivity index (χ3n) is 3.89. The molecule has 0 spiro atoms. The molecule has 1 aliphatic rings. The van der Waals surface area contributed by atoms with E-state index >= 15 is 0 Å². The maximum atomic E-state index is 10.8. The molecule has 1 unspecified atom stereocenters. The van der Waals surface area contributed by atoms with E-state index in [1.54, 1.807) is 6.07 Å². The summed E-state index contributed by atoms with van der Waals surface area (Å²) in [5, 5.41) is 14.4. The summed E-state index contributed by atoms with van der Waals surface area (Å²) in [7, 11) is 0. The lowest BCUT2D eigenvalue weighted by atomic mass is 10.0. The van der Waals surface area contributed by atoms with Gasteiger partial charge < -0.3 is 10.2 Å². The van der Waals surface area contributed by atoms with Crippen LogP contribution in [0.5, 0.6) is 0 Å². The number of nitrogens with one attached hydrogen (secondary N) is 1. The maximum absolute atomic E-state index is 10.8. The highest BCUT2D eigenvalue weighted by atomic mass is 16.6. The molecule has 1 atom stereocenters. The molecule has 2 rings (SSSR count). The van der Waals surface area contributed by atoms with Crippen molar-refractivity contribution >= 4 is 11.5 Å². The molecule has 1 saturated heterocycles. The van der Waals surface area contributed by atoms with Crippen molar-refractivity contribution in [1.29, 1.82) is 0 Å². The van der Waals surface area contributed by atoms with Gasteiger partial charge in [0.2, 0.25) is 0 Å². The Hall–Kier alpha value is -1.69. The minimum atomic E-state index is -0.392. The van der Waals surface area contributed by atoms with Crippen LogP contribution in [-0.2, 0) is 0 Å². The highest BCUT2D eigenvalue weighted by Crippen LogP contribution is 2.23. The fraction of sp³-hybridized carbons (Fsp3) is 0.667. The van der Waals surface area contributed by atoms with E-state index < -0.39 is 4.92 Å². The maximum Gasteiger partial charge on any atom is 0.287 e. The first-order chi connectivity index (χ1) is 10.1. The van der Waals surface area contributed by atoms with Crippen molar-refractivity contribution in [1.82, 2.24) is 10.3 Å². The Morgan fingerprint density at radius 3 is 2.90 bits per heavy atom. The van der Waals surface area contributed by atoms with Crippen LogP contribution in [0.3, 0.4) is 0 Å². The Kier molecular flexibility index (Phi) is 5.50. The summed E-state index contributed by atoms with van der Waals surface area (Å²) in [6.45, 7) is 6.95. The molecule has 0 aliphatic carbocycles. The number of pyridine rings is 1. The molecule has 0 saturated carbocycles. The van der Waals surface area contributed by atoms with E-state index in [0.717, 1.165) is 37.4 Å². The average molecular weight is 292 g/mol. The predicted octanol–water partition coefficient (Wildman–Crippen LogP) is 2.66. The summed E-state index contributed by atoms with van der Waals surface area (Å²) in [6.07, 6.45) is 6.10. The van der Waals surface area contributed by atoms with Crippen molar-refractivity contribution in [3.8, 4) is 0 Å². The van der Waals surface area contributed by atoms with Gasteiger partial charge in [0.15, 0.2) is 0 Å². The van der Waals surface area contributed by atoms with Gasteiger partial charge in [0.25, 0.3) is 5.69 Å². The minimum Gasteiger partial charge on any atom is -0.355 e. The van der Waals surface area contributed by atoms with E-state index in [1.807, 2.05) is 6.92 Å². The van der Waals surface area contributed by atoms with Gasteiger partial charge in [-0.1, -0.05) is 13.3 Å². The highest BCUT2D eigenvalue weighted by Gasteiger charge is 2.19. The van der Waals surface area contributed by atoms with E-state index in [9.17, 15) is 10.1 Å². The molecule has 0 bridgehead atoms. The Labute approximate surface area is 125 Å². The van der Waals surface area contributed by atoms with Crippen molar-refractivity contribution in [3.05, 3.63) is 27.9 Å². The summed E-state index contributed by atoms with van der Waals surface area (Å²) in [6, 6.07) is 2.10. The monoisotopic (exact) mass is 292 g/mol. The van der Waals surface area contributed by atoms with Crippen LogP contribution in [0.1, 0.15) is 38.2 Å². The minimum absolute atomic E-state index is 0.0588. The number of hydrogen-bond acceptors (Lipinski definition) is 5. The normalized spacial score (nSPS) is 18.5. The van der Waals surface area contributed by atoms with E-state index in [1.165, 1.54) is 25.5 Å². The summed E-state index contributed by atoms with van der Waals surface area (Å²) >= 11 is 0. The summed E-state index contributed by atoms with van der Waals surface area (Å²) in [5.74, 6) is 0.870. The van der Waals surface area contributed by atoms with Crippen LogP contribution in [0.25, 0.3) is 0 Å². The van der Waals surface area contributed by atoms with Crippen molar-refractivity contribution in [3.63, 3.8) is 0 Å². The van der Waals surface area contributed by atoms with Crippen LogP contribution in [0, 0.1) is 17.0 Å². The number of nitro groups is 1. The van der Waals surface area contributed by atoms with Crippen LogP contribution < -0.4 is 10.2 Å². The lowest BCUT2D eigenvalue weighted by Gasteiger charge is -2.32. The molecule has 2 heterocycles. The molecular formula is C15H24N4O2. The van der Waals surface area contributed by atoms with Gasteiger partial charge in [-0.05, 0) is 38.3 Å². The summed E-state index contributed by atoms with van der Waals surface area (Å²) in [4.78, 5) is 17.0. The number of hydrogen-bond donors (Lipinski definition) is 1. The number of nitrogens with zero attached hydrogens (tertiary/aromatic N) is 3. The van der Waals surface area contributed by atoms with Gasteiger partial charge in [-0.3, -0.25) is 10.1 Å². The molecule has 1 aromatic heterocycles. The second kappa shape index (κ2) is 7.36. The van der Waals surface area contributed by atoms with Crippen LogP contribution in [0.4, 0.5) is 11.5 Å². The molecule has 0 aromatic carbocycles. The highest BCUT2D eigenvalue weighted by molar-refractivity contribution is 5.50. The van der Waals surface area contributed by atoms with Gasteiger partial charge in [0.1, 0.15) is 12.0 Å².